The van der Waals surface area contributed by atoms with Crippen LogP contribution in [0.4, 0.5) is 4.39 Å². The van der Waals surface area contributed by atoms with Crippen molar-refractivity contribution in [3.63, 3.8) is 0 Å². The van der Waals surface area contributed by atoms with Crippen LogP contribution in [0.3, 0.4) is 0 Å². The summed E-state index contributed by atoms with van der Waals surface area (Å²) in [7, 11) is -2.33. The highest BCUT2D eigenvalue weighted by molar-refractivity contribution is 7.95. The second kappa shape index (κ2) is 11.3. The molecule has 0 N–H and O–H groups in total. The molecule has 0 fully saturated rings. The number of hydrogen-bond donors (Lipinski definition) is 0. The van der Waals surface area contributed by atoms with Crippen molar-refractivity contribution in [3.05, 3.63) is 167 Å². The number of nitrogens with zero attached hydrogens (tertiary/aromatic N) is 1. The molecule has 0 aliphatic heterocycles. The molecular formula is C37H32FNOP+. The molecule has 0 aliphatic carbocycles. The van der Waals surface area contributed by atoms with E-state index in [1.54, 1.807) is 12.1 Å². The molecule has 0 aliphatic rings. The van der Waals surface area contributed by atoms with E-state index in [0.717, 1.165) is 16.6 Å². The maximum absolute atomic E-state index is 14.4. The molecule has 1 heterocycles. The maximum Gasteiger partial charge on any atom is 0.263 e. The third-order valence-corrected chi connectivity index (χ3v) is 12.2. The minimum Gasteiger partial charge on any atom is -0.277 e. The lowest BCUT2D eigenvalue weighted by molar-refractivity contribution is 0.627. The summed E-state index contributed by atoms with van der Waals surface area (Å²) in [6.07, 6.45) is 0.635. The zero-order valence-electron chi connectivity index (χ0n) is 23.2. The summed E-state index contributed by atoms with van der Waals surface area (Å²) >= 11 is 0. The molecule has 1 aromatic heterocycles. The molecule has 0 unspecified atom stereocenters. The highest BCUT2D eigenvalue weighted by atomic mass is 31.2. The van der Waals surface area contributed by atoms with E-state index in [0.29, 0.717) is 17.2 Å². The molecule has 41 heavy (non-hydrogen) atoms. The standard InChI is InChI=1S/C37H32FNOP/c1-27(2)36-33-20-12-13-21-34(33)37(40)39(29-24-22-28(38)23-25-29)35(36)26-41(30-14-6-3-7-15-30,31-16-8-4-9-17-31)32-18-10-5-11-19-32/h3-25,27H,26H2,1-2H3/q+1. The monoisotopic (exact) mass is 556 g/mol. The van der Waals surface area contributed by atoms with Gasteiger partial charge in [0.05, 0.1) is 5.69 Å². The van der Waals surface area contributed by atoms with Gasteiger partial charge in [-0.25, -0.2) is 4.39 Å². The summed E-state index contributed by atoms with van der Waals surface area (Å²) in [6, 6.07) is 46.3. The van der Waals surface area contributed by atoms with Gasteiger partial charge in [0.25, 0.3) is 5.56 Å². The van der Waals surface area contributed by atoms with Crippen molar-refractivity contribution in [3.8, 4) is 5.69 Å². The van der Waals surface area contributed by atoms with Gasteiger partial charge in [0.2, 0.25) is 0 Å². The Morgan fingerprint density at radius 1 is 0.610 bits per heavy atom. The molecular weight excluding hydrogens is 524 g/mol. The minimum absolute atomic E-state index is 0.0844. The van der Waals surface area contributed by atoms with Crippen LogP contribution in [-0.2, 0) is 6.16 Å². The summed E-state index contributed by atoms with van der Waals surface area (Å²) in [6.45, 7) is 4.39. The number of rotatable bonds is 7. The quantitative estimate of drug-likeness (QED) is 0.184. The molecule has 0 saturated heterocycles. The Balaban J connectivity index is 1.78. The Kier molecular flexibility index (Phi) is 7.39. The normalized spacial score (nSPS) is 11.7. The van der Waals surface area contributed by atoms with Gasteiger partial charge < -0.3 is 0 Å². The van der Waals surface area contributed by atoms with Crippen molar-refractivity contribution in [2.75, 3.05) is 0 Å². The van der Waals surface area contributed by atoms with Gasteiger partial charge in [0.1, 0.15) is 35.2 Å². The molecule has 2 nitrogen and oxygen atoms in total. The van der Waals surface area contributed by atoms with Crippen LogP contribution in [0.25, 0.3) is 16.5 Å². The predicted octanol–water partition coefficient (Wildman–Crippen LogP) is 7.75. The van der Waals surface area contributed by atoms with Crippen molar-refractivity contribution in [2.45, 2.75) is 25.9 Å². The van der Waals surface area contributed by atoms with Gasteiger partial charge in [0.15, 0.2) is 0 Å². The number of benzene rings is 5. The summed E-state index contributed by atoms with van der Waals surface area (Å²) in [4.78, 5) is 14.4. The number of aromatic nitrogens is 1. The molecule has 5 aromatic carbocycles. The first kappa shape index (κ1) is 26.9. The smallest absolute Gasteiger partial charge is 0.263 e. The second-order valence-electron chi connectivity index (χ2n) is 10.7. The van der Waals surface area contributed by atoms with E-state index >= 15 is 0 Å². The third kappa shape index (κ3) is 4.81. The van der Waals surface area contributed by atoms with Crippen molar-refractivity contribution < 1.29 is 4.39 Å². The molecule has 4 heteroatoms. The number of halogens is 1. The third-order valence-electron chi connectivity index (χ3n) is 7.87. The fraction of sp³-hybridized carbons (Fsp3) is 0.108. The Labute approximate surface area is 241 Å². The van der Waals surface area contributed by atoms with Gasteiger partial charge in [0, 0.05) is 11.1 Å². The van der Waals surface area contributed by atoms with E-state index in [1.165, 1.54) is 28.0 Å². The number of pyridine rings is 1. The first-order valence-corrected chi connectivity index (χ1v) is 16.0. The molecule has 0 radical (unpaired) electrons. The average Bonchev–Trinajstić information content (AvgIpc) is 3.02. The van der Waals surface area contributed by atoms with Gasteiger partial charge >= 0.3 is 0 Å². The van der Waals surface area contributed by atoms with Crippen LogP contribution in [0.5, 0.6) is 0 Å². The van der Waals surface area contributed by atoms with Crippen molar-refractivity contribution in [2.24, 2.45) is 0 Å². The zero-order valence-corrected chi connectivity index (χ0v) is 24.1. The van der Waals surface area contributed by atoms with Gasteiger partial charge in [-0.1, -0.05) is 86.6 Å². The molecule has 202 valence electrons. The Morgan fingerprint density at radius 2 is 1.05 bits per heavy atom. The minimum atomic E-state index is -2.33. The van der Waals surface area contributed by atoms with Gasteiger partial charge in [-0.15, -0.1) is 0 Å². The lowest BCUT2D eigenvalue weighted by atomic mass is 9.94. The van der Waals surface area contributed by atoms with Crippen molar-refractivity contribution >= 4 is 33.9 Å². The van der Waals surface area contributed by atoms with Crippen LogP contribution < -0.4 is 21.5 Å². The molecule has 6 rings (SSSR count). The maximum atomic E-state index is 14.4. The first-order chi connectivity index (χ1) is 20.0. The second-order valence-corrected chi connectivity index (χ2v) is 14.1. The van der Waals surface area contributed by atoms with Crippen LogP contribution >= 0.6 is 7.26 Å². The van der Waals surface area contributed by atoms with Crippen LogP contribution in [0, 0.1) is 5.82 Å². The number of hydrogen-bond acceptors (Lipinski definition) is 1. The lowest BCUT2D eigenvalue weighted by Crippen LogP contribution is -2.35. The molecule has 0 amide bonds. The Hall–Kier alpha value is -4.33. The van der Waals surface area contributed by atoms with E-state index in [2.05, 4.69) is 111 Å². The molecule has 0 bridgehead atoms. The molecule has 0 spiro atoms. The fourth-order valence-corrected chi connectivity index (χ4v) is 10.3. The number of fused-ring (bicyclic) bond motifs is 1. The summed E-state index contributed by atoms with van der Waals surface area (Å²) in [5.74, 6) is -0.181. The van der Waals surface area contributed by atoms with Gasteiger partial charge in [-0.2, -0.15) is 0 Å². The van der Waals surface area contributed by atoms with E-state index in [1.807, 2.05) is 22.8 Å². The predicted molar refractivity (Wildman–Crippen MR) is 172 cm³/mol. The first-order valence-electron chi connectivity index (χ1n) is 14.0. The van der Waals surface area contributed by atoms with E-state index in [-0.39, 0.29) is 17.3 Å². The van der Waals surface area contributed by atoms with Crippen LogP contribution in [0.1, 0.15) is 31.0 Å². The molecule has 6 aromatic rings. The average molecular weight is 557 g/mol. The molecule has 0 atom stereocenters. The summed E-state index contributed by atoms with van der Waals surface area (Å²) in [5.41, 5.74) is 2.71. The lowest BCUT2D eigenvalue weighted by Gasteiger charge is -2.31. The summed E-state index contributed by atoms with van der Waals surface area (Å²) < 4.78 is 16.0. The van der Waals surface area contributed by atoms with Crippen molar-refractivity contribution in [1.29, 1.82) is 0 Å². The SMILES string of the molecule is CC(C)c1c(C[P+](c2ccccc2)(c2ccccc2)c2ccccc2)n(-c2ccc(F)cc2)c(=O)c2ccccc12. The van der Waals surface area contributed by atoms with E-state index in [4.69, 9.17) is 0 Å². The fourth-order valence-electron chi connectivity index (χ4n) is 6.08. The zero-order chi connectivity index (χ0) is 28.4. The highest BCUT2D eigenvalue weighted by Gasteiger charge is 2.47. The Morgan fingerprint density at radius 3 is 1.51 bits per heavy atom. The van der Waals surface area contributed by atoms with E-state index in [9.17, 15) is 9.18 Å². The van der Waals surface area contributed by atoms with Gasteiger partial charge in [-0.3, -0.25) is 9.36 Å². The van der Waals surface area contributed by atoms with Crippen LogP contribution in [0.2, 0.25) is 0 Å². The molecule has 0 saturated carbocycles. The largest absolute Gasteiger partial charge is 0.277 e. The van der Waals surface area contributed by atoms with E-state index < -0.39 is 7.26 Å². The van der Waals surface area contributed by atoms with Crippen LogP contribution in [-0.4, -0.2) is 4.57 Å². The summed E-state index contributed by atoms with van der Waals surface area (Å²) in [5, 5.41) is 5.40. The topological polar surface area (TPSA) is 22.0 Å². The Bertz CT molecular complexity index is 1750. The van der Waals surface area contributed by atoms with Crippen LogP contribution in [0.15, 0.2) is 144 Å². The van der Waals surface area contributed by atoms with Gasteiger partial charge in [-0.05, 0) is 83.6 Å². The highest BCUT2D eigenvalue weighted by Crippen LogP contribution is 2.59. The van der Waals surface area contributed by atoms with Crippen molar-refractivity contribution in [1.82, 2.24) is 4.57 Å².